The maximum absolute atomic E-state index is 13.6. The van der Waals surface area contributed by atoms with Crippen LogP contribution in [0.15, 0.2) is 42.5 Å². The molecule has 0 unspecified atom stereocenters. The Hall–Kier alpha value is -1.91. The highest BCUT2D eigenvalue weighted by Gasteiger charge is 2.34. The molecule has 0 amide bonds. The lowest BCUT2D eigenvalue weighted by atomic mass is 9.98. The molecule has 2 rings (SSSR count). The molecular formula is C13H7F5. The Bertz CT molecular complexity index is 572. The van der Waals surface area contributed by atoms with E-state index in [1.807, 2.05) is 0 Å². The van der Waals surface area contributed by atoms with Gasteiger partial charge in [0, 0.05) is 5.56 Å². The van der Waals surface area contributed by atoms with E-state index in [4.69, 9.17) is 0 Å². The standard InChI is InChI=1S/C13H7F5/c14-9-4-1-3-8(7-9)12-10(13(16,17)18)5-2-6-11(12)15/h1-7H. The fourth-order valence-electron chi connectivity index (χ4n) is 1.70. The van der Waals surface area contributed by atoms with Gasteiger partial charge < -0.3 is 0 Å². The predicted molar refractivity (Wildman–Crippen MR) is 56.8 cm³/mol. The Labute approximate surface area is 99.7 Å². The Balaban J connectivity index is 2.70. The van der Waals surface area contributed by atoms with Crippen LogP contribution in [0.25, 0.3) is 11.1 Å². The van der Waals surface area contributed by atoms with Crippen LogP contribution in [0.5, 0.6) is 0 Å². The van der Waals surface area contributed by atoms with Crippen molar-refractivity contribution in [3.8, 4) is 11.1 Å². The van der Waals surface area contributed by atoms with Crippen LogP contribution < -0.4 is 0 Å². The summed E-state index contributed by atoms with van der Waals surface area (Å²) >= 11 is 0. The molecule has 18 heavy (non-hydrogen) atoms. The van der Waals surface area contributed by atoms with Gasteiger partial charge in [0.2, 0.25) is 0 Å². The molecule has 2 aromatic carbocycles. The van der Waals surface area contributed by atoms with Crippen molar-refractivity contribution >= 4 is 0 Å². The summed E-state index contributed by atoms with van der Waals surface area (Å²) < 4.78 is 64.8. The first-order chi connectivity index (χ1) is 8.39. The highest BCUT2D eigenvalue weighted by molar-refractivity contribution is 5.68. The Morgan fingerprint density at radius 3 is 2.11 bits per heavy atom. The predicted octanol–water partition coefficient (Wildman–Crippen LogP) is 4.65. The zero-order valence-electron chi connectivity index (χ0n) is 8.93. The molecule has 0 aliphatic rings. The summed E-state index contributed by atoms with van der Waals surface area (Å²) in [6.45, 7) is 0. The van der Waals surface area contributed by atoms with E-state index in [1.165, 1.54) is 12.1 Å². The Morgan fingerprint density at radius 2 is 1.50 bits per heavy atom. The third-order valence-electron chi connectivity index (χ3n) is 2.43. The number of halogens is 5. The van der Waals surface area contributed by atoms with Gasteiger partial charge in [-0.25, -0.2) is 8.78 Å². The maximum atomic E-state index is 13.6. The van der Waals surface area contributed by atoms with Crippen molar-refractivity contribution in [3.05, 3.63) is 59.7 Å². The van der Waals surface area contributed by atoms with E-state index in [1.54, 1.807) is 0 Å². The first-order valence-corrected chi connectivity index (χ1v) is 5.01. The molecule has 0 bridgehead atoms. The van der Waals surface area contributed by atoms with E-state index in [-0.39, 0.29) is 5.56 Å². The van der Waals surface area contributed by atoms with Crippen molar-refractivity contribution in [2.24, 2.45) is 0 Å². The van der Waals surface area contributed by atoms with Crippen molar-refractivity contribution in [3.63, 3.8) is 0 Å². The normalized spacial score (nSPS) is 11.6. The van der Waals surface area contributed by atoms with Crippen molar-refractivity contribution in [2.75, 3.05) is 0 Å². The van der Waals surface area contributed by atoms with Crippen LogP contribution in [-0.4, -0.2) is 0 Å². The van der Waals surface area contributed by atoms with Gasteiger partial charge in [0.25, 0.3) is 0 Å². The van der Waals surface area contributed by atoms with Gasteiger partial charge in [-0.2, -0.15) is 13.2 Å². The fourth-order valence-corrected chi connectivity index (χ4v) is 1.70. The van der Waals surface area contributed by atoms with Gasteiger partial charge in [-0.1, -0.05) is 18.2 Å². The van der Waals surface area contributed by atoms with Gasteiger partial charge in [0.15, 0.2) is 0 Å². The molecule has 0 saturated heterocycles. The van der Waals surface area contributed by atoms with Gasteiger partial charge in [-0.05, 0) is 29.8 Å². The van der Waals surface area contributed by atoms with E-state index in [9.17, 15) is 22.0 Å². The zero-order valence-corrected chi connectivity index (χ0v) is 8.93. The minimum Gasteiger partial charge on any atom is -0.207 e. The van der Waals surface area contributed by atoms with E-state index in [0.717, 1.165) is 30.3 Å². The van der Waals surface area contributed by atoms with Crippen LogP contribution >= 0.6 is 0 Å². The second kappa shape index (κ2) is 4.40. The first-order valence-electron chi connectivity index (χ1n) is 5.01. The number of rotatable bonds is 1. The summed E-state index contributed by atoms with van der Waals surface area (Å²) in [5.41, 5.74) is -1.89. The summed E-state index contributed by atoms with van der Waals surface area (Å²) in [6.07, 6.45) is -4.69. The maximum Gasteiger partial charge on any atom is 0.417 e. The second-order valence-corrected chi connectivity index (χ2v) is 3.67. The Kier molecular flexibility index (Phi) is 3.07. The fraction of sp³-hybridized carbons (Fsp3) is 0.0769. The molecule has 0 spiro atoms. The topological polar surface area (TPSA) is 0 Å². The van der Waals surface area contributed by atoms with Crippen LogP contribution in [0.4, 0.5) is 22.0 Å². The van der Waals surface area contributed by atoms with E-state index in [2.05, 4.69) is 0 Å². The monoisotopic (exact) mass is 258 g/mol. The Morgan fingerprint density at radius 1 is 0.833 bits per heavy atom. The molecule has 0 nitrogen and oxygen atoms in total. The third-order valence-corrected chi connectivity index (χ3v) is 2.43. The molecule has 0 radical (unpaired) electrons. The lowest BCUT2D eigenvalue weighted by molar-refractivity contribution is -0.137. The van der Waals surface area contributed by atoms with Crippen LogP contribution in [0, 0.1) is 11.6 Å². The molecule has 0 aromatic heterocycles. The highest BCUT2D eigenvalue weighted by Crippen LogP contribution is 2.38. The number of alkyl halides is 3. The van der Waals surface area contributed by atoms with Crippen LogP contribution in [0.3, 0.4) is 0 Å². The van der Waals surface area contributed by atoms with E-state index in [0.29, 0.717) is 0 Å². The summed E-state index contributed by atoms with van der Waals surface area (Å²) in [6, 6.07) is 7.07. The van der Waals surface area contributed by atoms with Crippen LogP contribution in [-0.2, 0) is 6.18 Å². The van der Waals surface area contributed by atoms with Gasteiger partial charge in [0.05, 0.1) is 5.56 Å². The number of hydrogen-bond donors (Lipinski definition) is 0. The second-order valence-electron chi connectivity index (χ2n) is 3.67. The van der Waals surface area contributed by atoms with Crippen molar-refractivity contribution in [1.29, 1.82) is 0 Å². The minimum absolute atomic E-state index is 0.138. The van der Waals surface area contributed by atoms with Gasteiger partial charge in [-0.15, -0.1) is 0 Å². The smallest absolute Gasteiger partial charge is 0.207 e. The summed E-state index contributed by atoms with van der Waals surface area (Å²) in [5, 5.41) is 0. The van der Waals surface area contributed by atoms with Crippen molar-refractivity contribution in [1.82, 2.24) is 0 Å². The minimum atomic E-state index is -4.69. The van der Waals surface area contributed by atoms with Gasteiger partial charge >= 0.3 is 6.18 Å². The van der Waals surface area contributed by atoms with Crippen molar-refractivity contribution < 1.29 is 22.0 Å². The van der Waals surface area contributed by atoms with E-state index >= 15 is 0 Å². The SMILES string of the molecule is Fc1cccc(-c2c(F)cccc2C(F)(F)F)c1. The number of hydrogen-bond acceptors (Lipinski definition) is 0. The molecule has 0 saturated carbocycles. The molecule has 0 atom stereocenters. The van der Waals surface area contributed by atoms with Gasteiger partial charge in [0.1, 0.15) is 11.6 Å². The largest absolute Gasteiger partial charge is 0.417 e. The molecule has 0 fully saturated rings. The first kappa shape index (κ1) is 12.5. The average molecular weight is 258 g/mol. The zero-order chi connectivity index (χ0) is 13.3. The molecule has 94 valence electrons. The highest BCUT2D eigenvalue weighted by atomic mass is 19.4. The summed E-state index contributed by atoms with van der Waals surface area (Å²) in [5.74, 6) is -1.75. The summed E-state index contributed by atoms with van der Waals surface area (Å²) in [7, 11) is 0. The molecule has 5 heteroatoms. The molecule has 0 aliphatic carbocycles. The molecule has 2 aromatic rings. The number of benzene rings is 2. The molecule has 0 aliphatic heterocycles. The van der Waals surface area contributed by atoms with Crippen LogP contribution in [0.2, 0.25) is 0 Å². The van der Waals surface area contributed by atoms with Gasteiger partial charge in [-0.3, -0.25) is 0 Å². The lowest BCUT2D eigenvalue weighted by Crippen LogP contribution is -2.08. The quantitative estimate of drug-likeness (QED) is 0.653. The molecular weight excluding hydrogens is 251 g/mol. The van der Waals surface area contributed by atoms with Crippen LogP contribution in [0.1, 0.15) is 5.56 Å². The molecule has 0 N–H and O–H groups in total. The van der Waals surface area contributed by atoms with E-state index < -0.39 is 28.9 Å². The summed E-state index contributed by atoms with van der Waals surface area (Å²) in [4.78, 5) is 0. The lowest BCUT2D eigenvalue weighted by Gasteiger charge is -2.13. The average Bonchev–Trinajstić information content (AvgIpc) is 2.27. The third kappa shape index (κ3) is 2.34. The van der Waals surface area contributed by atoms with Crippen molar-refractivity contribution in [2.45, 2.75) is 6.18 Å². The molecule has 0 heterocycles.